The quantitative estimate of drug-likeness (QED) is 0.844. The number of anilines is 1. The van der Waals surface area contributed by atoms with Crippen LogP contribution in [0.5, 0.6) is 5.75 Å². The molecule has 28 heavy (non-hydrogen) atoms. The first-order valence-corrected chi connectivity index (χ1v) is 8.99. The summed E-state index contributed by atoms with van der Waals surface area (Å²) < 4.78 is 44.0. The number of benzene rings is 1. The lowest BCUT2D eigenvalue weighted by molar-refractivity contribution is -0.141. The number of aromatic nitrogens is 2. The number of ether oxygens (including phenoxy) is 1. The number of rotatable bonds is 5. The lowest BCUT2D eigenvalue weighted by Gasteiger charge is -2.33. The molecule has 1 aliphatic heterocycles. The number of halogens is 3. The van der Waals surface area contributed by atoms with Gasteiger partial charge in [0.05, 0.1) is 0 Å². The number of amides is 1. The van der Waals surface area contributed by atoms with Gasteiger partial charge in [0.15, 0.2) is 6.10 Å². The van der Waals surface area contributed by atoms with Gasteiger partial charge in [-0.1, -0.05) is 18.2 Å². The summed E-state index contributed by atoms with van der Waals surface area (Å²) in [6.45, 7) is 2.66. The van der Waals surface area contributed by atoms with Crippen molar-refractivity contribution in [2.24, 2.45) is 0 Å². The fraction of sp³-hybridized carbons (Fsp3) is 0.421. The molecule has 0 spiro atoms. The molecule has 1 atom stereocenters. The van der Waals surface area contributed by atoms with Crippen molar-refractivity contribution in [3.63, 3.8) is 0 Å². The van der Waals surface area contributed by atoms with Crippen molar-refractivity contribution in [1.82, 2.24) is 15.3 Å². The summed E-state index contributed by atoms with van der Waals surface area (Å²) >= 11 is 0. The number of nitrogens with one attached hydrogen (secondary N) is 1. The maximum absolute atomic E-state index is 12.8. The van der Waals surface area contributed by atoms with E-state index in [0.717, 1.165) is 12.4 Å². The minimum absolute atomic E-state index is 0.0607. The molecular weight excluding hydrogens is 373 g/mol. The summed E-state index contributed by atoms with van der Waals surface area (Å²) in [5, 5.41) is 2.94. The molecule has 9 heteroatoms. The predicted molar refractivity (Wildman–Crippen MR) is 96.9 cm³/mol. The third-order valence-electron chi connectivity index (χ3n) is 4.53. The van der Waals surface area contributed by atoms with Gasteiger partial charge in [0, 0.05) is 25.2 Å². The van der Waals surface area contributed by atoms with Gasteiger partial charge in [-0.25, -0.2) is 9.97 Å². The second kappa shape index (κ2) is 8.45. The Balaban J connectivity index is 1.51. The highest BCUT2D eigenvalue weighted by molar-refractivity contribution is 5.81. The van der Waals surface area contributed by atoms with Crippen molar-refractivity contribution in [2.45, 2.75) is 38.1 Å². The number of alkyl halides is 3. The van der Waals surface area contributed by atoms with Crippen molar-refractivity contribution in [3.05, 3.63) is 48.4 Å². The van der Waals surface area contributed by atoms with E-state index in [1.165, 1.54) is 0 Å². The summed E-state index contributed by atoms with van der Waals surface area (Å²) in [4.78, 5) is 21.3. The number of carbonyl (C=O) groups excluding carboxylic acids is 1. The molecule has 150 valence electrons. The van der Waals surface area contributed by atoms with E-state index in [-0.39, 0.29) is 17.8 Å². The molecule has 2 heterocycles. The van der Waals surface area contributed by atoms with Crippen LogP contribution in [0.25, 0.3) is 0 Å². The van der Waals surface area contributed by atoms with Crippen LogP contribution in [-0.2, 0) is 11.0 Å². The van der Waals surface area contributed by atoms with Gasteiger partial charge in [0.25, 0.3) is 5.91 Å². The summed E-state index contributed by atoms with van der Waals surface area (Å²) in [6.07, 6.45) is -3.01. The smallest absolute Gasteiger partial charge is 0.433 e. The Morgan fingerprint density at radius 1 is 1.21 bits per heavy atom. The Labute approximate surface area is 160 Å². The van der Waals surface area contributed by atoms with Gasteiger partial charge >= 0.3 is 6.18 Å². The molecule has 1 aromatic heterocycles. The Morgan fingerprint density at radius 2 is 1.89 bits per heavy atom. The van der Waals surface area contributed by atoms with E-state index in [2.05, 4.69) is 15.3 Å². The normalized spacial score (nSPS) is 16.5. The van der Waals surface area contributed by atoms with Crippen molar-refractivity contribution >= 4 is 11.7 Å². The summed E-state index contributed by atoms with van der Waals surface area (Å²) in [5.41, 5.74) is -0.959. The van der Waals surface area contributed by atoms with Crippen molar-refractivity contribution < 1.29 is 22.7 Å². The first-order valence-electron chi connectivity index (χ1n) is 8.99. The maximum Gasteiger partial charge on any atom is 0.433 e. The van der Waals surface area contributed by atoms with Crippen LogP contribution in [0.3, 0.4) is 0 Å². The Bertz CT molecular complexity index is 793. The van der Waals surface area contributed by atoms with E-state index < -0.39 is 18.0 Å². The minimum Gasteiger partial charge on any atom is -0.481 e. The van der Waals surface area contributed by atoms with Crippen LogP contribution in [0.2, 0.25) is 0 Å². The molecule has 1 amide bonds. The first kappa shape index (κ1) is 19.9. The van der Waals surface area contributed by atoms with Gasteiger partial charge in [-0.05, 0) is 31.9 Å². The third-order valence-corrected chi connectivity index (χ3v) is 4.53. The van der Waals surface area contributed by atoms with Gasteiger partial charge in [-0.2, -0.15) is 13.2 Å². The van der Waals surface area contributed by atoms with Gasteiger partial charge in [-0.15, -0.1) is 0 Å². The fourth-order valence-electron chi connectivity index (χ4n) is 3.00. The highest BCUT2D eigenvalue weighted by Crippen LogP contribution is 2.29. The number of carbonyl (C=O) groups is 1. The molecule has 1 N–H and O–H groups in total. The number of para-hydroxylation sites is 1. The summed E-state index contributed by atoms with van der Waals surface area (Å²) in [6, 6.07) is 9.96. The zero-order valence-corrected chi connectivity index (χ0v) is 15.3. The van der Waals surface area contributed by atoms with Crippen LogP contribution in [0.4, 0.5) is 19.0 Å². The molecule has 1 saturated heterocycles. The number of nitrogens with zero attached hydrogens (tertiary/aromatic N) is 3. The third kappa shape index (κ3) is 5.11. The van der Waals surface area contributed by atoms with E-state index in [1.807, 2.05) is 18.2 Å². The van der Waals surface area contributed by atoms with Crippen molar-refractivity contribution in [3.8, 4) is 5.75 Å². The summed E-state index contributed by atoms with van der Waals surface area (Å²) in [7, 11) is 0. The average molecular weight is 394 g/mol. The molecule has 6 nitrogen and oxygen atoms in total. The lowest BCUT2D eigenvalue weighted by atomic mass is 10.0. The van der Waals surface area contributed by atoms with E-state index in [9.17, 15) is 18.0 Å². The lowest BCUT2D eigenvalue weighted by Crippen LogP contribution is -2.48. The van der Waals surface area contributed by atoms with Gasteiger partial charge in [0.1, 0.15) is 23.6 Å². The molecule has 1 fully saturated rings. The number of piperidine rings is 1. The summed E-state index contributed by atoms with van der Waals surface area (Å²) in [5.74, 6) is 0.640. The largest absolute Gasteiger partial charge is 0.481 e. The molecule has 1 aromatic carbocycles. The molecule has 1 aliphatic rings. The average Bonchev–Trinajstić information content (AvgIpc) is 2.69. The number of hydrogen-bond donors (Lipinski definition) is 1. The predicted octanol–water partition coefficient (Wildman–Crippen LogP) is 3.05. The van der Waals surface area contributed by atoms with Gasteiger partial charge in [0.2, 0.25) is 0 Å². The van der Waals surface area contributed by atoms with E-state index >= 15 is 0 Å². The topological polar surface area (TPSA) is 67.3 Å². The first-order chi connectivity index (χ1) is 13.3. The minimum atomic E-state index is -4.50. The molecular formula is C19H21F3N4O2. The second-order valence-electron chi connectivity index (χ2n) is 6.60. The fourth-order valence-corrected chi connectivity index (χ4v) is 3.00. The molecule has 3 rings (SSSR count). The van der Waals surface area contributed by atoms with E-state index in [4.69, 9.17) is 4.74 Å². The SMILES string of the molecule is CC(Oc1ccccc1)C(=O)NC1CCN(c2cc(C(F)(F)F)ncn2)CC1. The van der Waals surface area contributed by atoms with Crippen LogP contribution < -0.4 is 15.0 Å². The Morgan fingerprint density at radius 3 is 2.54 bits per heavy atom. The molecule has 0 radical (unpaired) electrons. The van der Waals surface area contributed by atoms with Crippen LogP contribution >= 0.6 is 0 Å². The second-order valence-corrected chi connectivity index (χ2v) is 6.60. The van der Waals surface area contributed by atoms with Crippen molar-refractivity contribution in [2.75, 3.05) is 18.0 Å². The van der Waals surface area contributed by atoms with Crippen LogP contribution in [0, 0.1) is 0 Å². The van der Waals surface area contributed by atoms with Gasteiger partial charge in [-0.3, -0.25) is 4.79 Å². The molecule has 2 aromatic rings. The monoisotopic (exact) mass is 394 g/mol. The Kier molecular flexibility index (Phi) is 6.01. The Hall–Kier alpha value is -2.84. The highest BCUT2D eigenvalue weighted by Gasteiger charge is 2.33. The van der Waals surface area contributed by atoms with Crippen LogP contribution in [0.1, 0.15) is 25.5 Å². The van der Waals surface area contributed by atoms with Crippen LogP contribution in [0.15, 0.2) is 42.7 Å². The maximum atomic E-state index is 12.8. The molecule has 0 saturated carbocycles. The van der Waals surface area contributed by atoms with E-state index in [0.29, 0.717) is 31.7 Å². The van der Waals surface area contributed by atoms with Gasteiger partial charge < -0.3 is 15.0 Å². The highest BCUT2D eigenvalue weighted by atomic mass is 19.4. The molecule has 0 bridgehead atoms. The zero-order chi connectivity index (χ0) is 20.1. The standard InChI is InChI=1S/C19H21F3N4O2/c1-13(28-15-5-3-2-4-6-15)18(27)25-14-7-9-26(10-8-14)17-11-16(19(20,21)22)23-12-24-17/h2-6,11-14H,7-10H2,1H3,(H,25,27). The van der Waals surface area contributed by atoms with E-state index in [1.54, 1.807) is 24.0 Å². The number of hydrogen-bond acceptors (Lipinski definition) is 5. The van der Waals surface area contributed by atoms with Crippen molar-refractivity contribution in [1.29, 1.82) is 0 Å². The molecule has 1 unspecified atom stereocenters. The zero-order valence-electron chi connectivity index (χ0n) is 15.3. The van der Waals surface area contributed by atoms with Crippen LogP contribution in [-0.4, -0.2) is 41.1 Å². The molecule has 0 aliphatic carbocycles.